The van der Waals surface area contributed by atoms with E-state index in [-0.39, 0.29) is 24.1 Å². The smallest absolute Gasteiger partial charge is 0.289 e. The molecule has 0 bridgehead atoms. The summed E-state index contributed by atoms with van der Waals surface area (Å²) in [5.74, 6) is -0.0774. The molecule has 1 rings (SSSR count). The van der Waals surface area contributed by atoms with E-state index in [4.69, 9.17) is 5.73 Å². The first-order valence-corrected chi connectivity index (χ1v) is 3.23. The zero-order valence-electron chi connectivity index (χ0n) is 6.32. The molecule has 0 spiro atoms. The molecule has 0 aliphatic carbocycles. The molecule has 0 atom stereocenters. The lowest BCUT2D eigenvalue weighted by atomic mass is 10.4. The fourth-order valence-corrected chi connectivity index (χ4v) is 0.606. The summed E-state index contributed by atoms with van der Waals surface area (Å²) in [4.78, 5) is 11.0. The Morgan fingerprint density at radius 3 is 3.00 bits per heavy atom. The number of halogens is 1. The number of hydrogen-bond donors (Lipinski definition) is 2. The van der Waals surface area contributed by atoms with Crippen LogP contribution in [-0.4, -0.2) is 24.2 Å². The van der Waals surface area contributed by atoms with E-state index >= 15 is 0 Å². The number of carbonyl (C=O) groups is 1. The normalized spacial score (nSPS) is 8.75. The Hall–Kier alpha value is -1.07. The lowest BCUT2D eigenvalue weighted by Gasteiger charge is -1.97. The molecule has 0 aromatic carbocycles. The van der Waals surface area contributed by atoms with Gasteiger partial charge in [-0.3, -0.25) is 4.79 Å². The highest BCUT2D eigenvalue weighted by Gasteiger charge is 2.06. The van der Waals surface area contributed by atoms with Gasteiger partial charge in [-0.15, -0.1) is 12.4 Å². The van der Waals surface area contributed by atoms with Gasteiger partial charge in [0.15, 0.2) is 0 Å². The summed E-state index contributed by atoms with van der Waals surface area (Å²) in [5, 5.41) is 5.92. The largest absolute Gasteiger partial charge is 0.351 e. The Balaban J connectivity index is 0.00000121. The van der Waals surface area contributed by atoms with Crippen molar-refractivity contribution in [2.75, 3.05) is 13.1 Å². The molecule has 1 aromatic rings. The molecule has 0 fully saturated rings. The van der Waals surface area contributed by atoms with Gasteiger partial charge in [0.05, 0.1) is 6.20 Å². The van der Waals surface area contributed by atoms with Crippen LogP contribution in [-0.2, 0) is 0 Å². The zero-order valence-corrected chi connectivity index (χ0v) is 7.13. The molecule has 0 radical (unpaired) electrons. The molecule has 5 nitrogen and oxygen atoms in total. The highest BCUT2D eigenvalue weighted by atomic mass is 35.5. The van der Waals surface area contributed by atoms with Gasteiger partial charge in [-0.1, -0.05) is 5.16 Å². The Labute approximate surface area is 75.7 Å². The highest BCUT2D eigenvalue weighted by Crippen LogP contribution is 1.94. The maximum Gasteiger partial charge on any atom is 0.289 e. The van der Waals surface area contributed by atoms with Crippen molar-refractivity contribution >= 4 is 18.3 Å². The Morgan fingerprint density at radius 1 is 1.75 bits per heavy atom. The van der Waals surface area contributed by atoms with Crippen molar-refractivity contribution in [1.82, 2.24) is 10.5 Å². The van der Waals surface area contributed by atoms with Gasteiger partial charge in [0.25, 0.3) is 5.91 Å². The third kappa shape index (κ3) is 2.89. The number of rotatable bonds is 3. The molecule has 0 aliphatic heterocycles. The van der Waals surface area contributed by atoms with Gasteiger partial charge in [0.1, 0.15) is 0 Å². The van der Waals surface area contributed by atoms with Crippen LogP contribution in [0.5, 0.6) is 0 Å². The van der Waals surface area contributed by atoms with E-state index in [1.807, 2.05) is 0 Å². The van der Waals surface area contributed by atoms with Crippen LogP contribution in [0.4, 0.5) is 0 Å². The molecule has 68 valence electrons. The third-order valence-corrected chi connectivity index (χ3v) is 1.09. The van der Waals surface area contributed by atoms with Crippen LogP contribution in [0.15, 0.2) is 16.8 Å². The van der Waals surface area contributed by atoms with Gasteiger partial charge in [-0.05, 0) is 0 Å². The van der Waals surface area contributed by atoms with Crippen LogP contribution in [0.1, 0.15) is 10.6 Å². The van der Waals surface area contributed by atoms with Gasteiger partial charge < -0.3 is 15.6 Å². The summed E-state index contributed by atoms with van der Waals surface area (Å²) in [6.07, 6.45) is 1.41. The summed E-state index contributed by atoms with van der Waals surface area (Å²) >= 11 is 0. The minimum absolute atomic E-state index is 0. The van der Waals surface area contributed by atoms with E-state index in [1.165, 1.54) is 12.3 Å². The lowest BCUT2D eigenvalue weighted by molar-refractivity contribution is 0.0918. The summed E-state index contributed by atoms with van der Waals surface area (Å²) < 4.78 is 4.59. The van der Waals surface area contributed by atoms with Crippen LogP contribution in [0.25, 0.3) is 0 Å². The van der Waals surface area contributed by atoms with Crippen molar-refractivity contribution in [2.45, 2.75) is 0 Å². The molecule has 1 amide bonds. The van der Waals surface area contributed by atoms with Crippen molar-refractivity contribution < 1.29 is 9.32 Å². The maximum absolute atomic E-state index is 11.0. The van der Waals surface area contributed by atoms with Gasteiger partial charge in [0, 0.05) is 19.2 Å². The SMILES string of the molecule is Cl.NCCNC(=O)c1ccno1. The van der Waals surface area contributed by atoms with Crippen molar-refractivity contribution in [3.8, 4) is 0 Å². The van der Waals surface area contributed by atoms with Gasteiger partial charge in [0.2, 0.25) is 5.76 Å². The molecular weight excluding hydrogens is 182 g/mol. The number of carbonyl (C=O) groups excluding carboxylic acids is 1. The number of hydrogen-bond acceptors (Lipinski definition) is 4. The monoisotopic (exact) mass is 191 g/mol. The maximum atomic E-state index is 11.0. The second-order valence-electron chi connectivity index (χ2n) is 1.92. The number of nitrogens with one attached hydrogen (secondary N) is 1. The van der Waals surface area contributed by atoms with Crippen LogP contribution < -0.4 is 11.1 Å². The predicted octanol–water partition coefficient (Wildman–Crippen LogP) is -0.215. The van der Waals surface area contributed by atoms with Gasteiger partial charge in [-0.2, -0.15) is 0 Å². The quantitative estimate of drug-likeness (QED) is 0.693. The van der Waals surface area contributed by atoms with Crippen molar-refractivity contribution in [1.29, 1.82) is 0 Å². The second kappa shape index (κ2) is 5.56. The van der Waals surface area contributed by atoms with E-state index in [0.29, 0.717) is 13.1 Å². The first-order chi connectivity index (χ1) is 5.34. The van der Waals surface area contributed by atoms with Gasteiger partial charge >= 0.3 is 0 Å². The van der Waals surface area contributed by atoms with E-state index < -0.39 is 0 Å². The third-order valence-electron chi connectivity index (χ3n) is 1.09. The minimum Gasteiger partial charge on any atom is -0.351 e. The summed E-state index contributed by atoms with van der Waals surface area (Å²) in [7, 11) is 0. The standard InChI is InChI=1S/C6H9N3O2.ClH/c7-2-4-8-6(10)5-1-3-9-11-5;/h1,3H,2,4,7H2,(H,8,10);1H. The van der Waals surface area contributed by atoms with E-state index in [0.717, 1.165) is 0 Å². The van der Waals surface area contributed by atoms with Crippen LogP contribution >= 0.6 is 12.4 Å². The number of nitrogens with zero attached hydrogens (tertiary/aromatic N) is 1. The van der Waals surface area contributed by atoms with Gasteiger partial charge in [-0.25, -0.2) is 0 Å². The Kier molecular flexibility index (Phi) is 5.07. The first kappa shape index (κ1) is 10.9. The fourth-order valence-electron chi connectivity index (χ4n) is 0.606. The van der Waals surface area contributed by atoms with Crippen molar-refractivity contribution in [3.05, 3.63) is 18.0 Å². The topological polar surface area (TPSA) is 81.1 Å². The summed E-state index contributed by atoms with van der Waals surface area (Å²) in [6, 6.07) is 1.49. The zero-order chi connectivity index (χ0) is 8.10. The molecule has 0 aliphatic rings. The predicted molar refractivity (Wildman–Crippen MR) is 45.1 cm³/mol. The average molecular weight is 192 g/mol. The summed E-state index contributed by atoms with van der Waals surface area (Å²) in [6.45, 7) is 0.861. The molecule has 3 N–H and O–H groups in total. The minimum atomic E-state index is -0.284. The average Bonchev–Trinajstić information content (AvgIpc) is 2.52. The molecule has 12 heavy (non-hydrogen) atoms. The van der Waals surface area contributed by atoms with Crippen LogP contribution in [0.2, 0.25) is 0 Å². The highest BCUT2D eigenvalue weighted by molar-refractivity contribution is 5.91. The fraction of sp³-hybridized carbons (Fsp3) is 0.333. The molecule has 0 saturated heterocycles. The first-order valence-electron chi connectivity index (χ1n) is 3.23. The van der Waals surface area contributed by atoms with Crippen molar-refractivity contribution in [2.24, 2.45) is 5.73 Å². The lowest BCUT2D eigenvalue weighted by Crippen LogP contribution is -2.28. The molecule has 0 unspecified atom stereocenters. The Bertz CT molecular complexity index is 225. The molecule has 1 aromatic heterocycles. The second-order valence-corrected chi connectivity index (χ2v) is 1.92. The number of nitrogens with two attached hydrogens (primary N) is 1. The van der Waals surface area contributed by atoms with Crippen molar-refractivity contribution in [3.63, 3.8) is 0 Å². The Morgan fingerprint density at radius 2 is 2.50 bits per heavy atom. The van der Waals surface area contributed by atoms with E-state index in [1.54, 1.807) is 0 Å². The molecule has 1 heterocycles. The molecular formula is C6H10ClN3O2. The summed E-state index contributed by atoms with van der Waals surface area (Å²) in [5.41, 5.74) is 5.17. The molecule has 0 saturated carbocycles. The number of amides is 1. The van der Waals surface area contributed by atoms with Crippen LogP contribution in [0.3, 0.4) is 0 Å². The number of aromatic nitrogens is 1. The van der Waals surface area contributed by atoms with E-state index in [2.05, 4.69) is 15.0 Å². The van der Waals surface area contributed by atoms with E-state index in [9.17, 15) is 4.79 Å². The molecule has 6 heteroatoms. The van der Waals surface area contributed by atoms with Crippen LogP contribution in [0, 0.1) is 0 Å².